The Hall–Kier alpha value is -0.850. The highest BCUT2D eigenvalue weighted by Crippen LogP contribution is 2.26. The van der Waals surface area contributed by atoms with Crippen molar-refractivity contribution in [3.05, 3.63) is 28.8 Å². The molecule has 0 amide bonds. The van der Waals surface area contributed by atoms with Crippen LogP contribution < -0.4 is 10.1 Å². The summed E-state index contributed by atoms with van der Waals surface area (Å²) in [6.45, 7) is 4.84. The molecule has 0 heterocycles. The average molecular weight is 318 g/mol. The Morgan fingerprint density at radius 2 is 2.14 bits per heavy atom. The van der Waals surface area contributed by atoms with Crippen LogP contribution in [0.5, 0.6) is 5.75 Å². The van der Waals surface area contributed by atoms with Gasteiger partial charge in [-0.25, -0.2) is 0 Å². The number of hydrogen-bond acceptors (Lipinski definition) is 5. The maximum Gasteiger partial charge on any atom is 0.125 e. The van der Waals surface area contributed by atoms with Gasteiger partial charge in [-0.15, -0.1) is 0 Å². The zero-order valence-electron chi connectivity index (χ0n) is 12.6. The molecular weight excluding hydrogens is 294 g/mol. The summed E-state index contributed by atoms with van der Waals surface area (Å²) in [5.74, 6) is 0.669. The van der Waals surface area contributed by atoms with E-state index in [0.29, 0.717) is 30.5 Å². The van der Waals surface area contributed by atoms with E-state index >= 15 is 0 Å². The standard InChI is InChI=1S/C15H24ClNO4/c1-3-20-10-12(18)11-21-15-6-4-5-14(16)13(15)9-17-7-8-19-2/h4-6,12,17-18H,3,7-11H2,1-2H3. The van der Waals surface area contributed by atoms with Gasteiger partial charge in [0.25, 0.3) is 0 Å². The Kier molecular flexibility index (Phi) is 9.37. The number of aliphatic hydroxyl groups excluding tert-OH is 1. The predicted molar refractivity (Wildman–Crippen MR) is 83.0 cm³/mol. The predicted octanol–water partition coefficient (Wildman–Crippen LogP) is 1.85. The first-order valence-corrected chi connectivity index (χ1v) is 7.42. The van der Waals surface area contributed by atoms with Crippen LogP contribution in [0, 0.1) is 0 Å². The average Bonchev–Trinajstić information content (AvgIpc) is 2.49. The molecule has 1 rings (SSSR count). The van der Waals surface area contributed by atoms with Gasteiger partial charge in [0.15, 0.2) is 0 Å². The molecule has 2 N–H and O–H groups in total. The first-order chi connectivity index (χ1) is 10.2. The summed E-state index contributed by atoms with van der Waals surface area (Å²) < 4.78 is 15.8. The van der Waals surface area contributed by atoms with Crippen LogP contribution >= 0.6 is 11.6 Å². The largest absolute Gasteiger partial charge is 0.490 e. The van der Waals surface area contributed by atoms with Crippen LogP contribution in [0.2, 0.25) is 5.02 Å². The van der Waals surface area contributed by atoms with E-state index in [1.807, 2.05) is 25.1 Å². The number of benzene rings is 1. The van der Waals surface area contributed by atoms with Crippen molar-refractivity contribution >= 4 is 11.6 Å². The van der Waals surface area contributed by atoms with Crippen LogP contribution in [0.25, 0.3) is 0 Å². The van der Waals surface area contributed by atoms with Crippen molar-refractivity contribution < 1.29 is 19.3 Å². The second-order valence-corrected chi connectivity index (χ2v) is 4.92. The second-order valence-electron chi connectivity index (χ2n) is 4.51. The lowest BCUT2D eigenvalue weighted by molar-refractivity contribution is 0.0162. The van der Waals surface area contributed by atoms with Gasteiger partial charge in [-0.3, -0.25) is 0 Å². The van der Waals surface area contributed by atoms with Crippen molar-refractivity contribution in [3.63, 3.8) is 0 Å². The Morgan fingerprint density at radius 3 is 2.86 bits per heavy atom. The van der Waals surface area contributed by atoms with E-state index in [-0.39, 0.29) is 13.2 Å². The quantitative estimate of drug-likeness (QED) is 0.610. The van der Waals surface area contributed by atoms with Crippen molar-refractivity contribution in [3.8, 4) is 5.75 Å². The van der Waals surface area contributed by atoms with E-state index in [0.717, 1.165) is 12.1 Å². The summed E-state index contributed by atoms with van der Waals surface area (Å²) in [6.07, 6.45) is -0.654. The molecule has 1 aromatic carbocycles. The van der Waals surface area contributed by atoms with E-state index in [4.69, 9.17) is 25.8 Å². The fourth-order valence-electron chi connectivity index (χ4n) is 1.72. The van der Waals surface area contributed by atoms with Gasteiger partial charge in [0, 0.05) is 37.4 Å². The highest BCUT2D eigenvalue weighted by atomic mass is 35.5. The minimum atomic E-state index is -0.654. The maximum atomic E-state index is 9.73. The molecule has 1 unspecified atom stereocenters. The van der Waals surface area contributed by atoms with Gasteiger partial charge in [0.05, 0.1) is 13.2 Å². The summed E-state index contributed by atoms with van der Waals surface area (Å²) in [7, 11) is 1.66. The molecule has 0 aliphatic carbocycles. The third-order valence-electron chi connectivity index (χ3n) is 2.81. The zero-order valence-corrected chi connectivity index (χ0v) is 13.4. The second kappa shape index (κ2) is 10.8. The molecule has 0 aliphatic heterocycles. The van der Waals surface area contributed by atoms with Gasteiger partial charge < -0.3 is 24.6 Å². The van der Waals surface area contributed by atoms with Crippen LogP contribution in [-0.4, -0.2) is 51.3 Å². The van der Waals surface area contributed by atoms with Gasteiger partial charge in [-0.05, 0) is 19.1 Å². The fraction of sp³-hybridized carbons (Fsp3) is 0.600. The number of halogens is 1. The van der Waals surface area contributed by atoms with Crippen molar-refractivity contribution in [1.82, 2.24) is 5.32 Å². The molecule has 0 bridgehead atoms. The smallest absolute Gasteiger partial charge is 0.125 e. The van der Waals surface area contributed by atoms with Gasteiger partial charge >= 0.3 is 0 Å². The zero-order chi connectivity index (χ0) is 15.5. The Bertz CT molecular complexity index is 403. The van der Waals surface area contributed by atoms with Crippen LogP contribution in [-0.2, 0) is 16.0 Å². The first-order valence-electron chi connectivity index (χ1n) is 7.04. The molecular formula is C15H24ClNO4. The molecule has 0 saturated carbocycles. The molecule has 1 aromatic rings. The monoisotopic (exact) mass is 317 g/mol. The fourth-order valence-corrected chi connectivity index (χ4v) is 1.95. The number of methoxy groups -OCH3 is 1. The molecule has 1 atom stereocenters. The summed E-state index contributed by atoms with van der Waals surface area (Å²) in [5, 5.41) is 13.6. The van der Waals surface area contributed by atoms with Gasteiger partial charge in [-0.2, -0.15) is 0 Å². The molecule has 5 nitrogen and oxygen atoms in total. The van der Waals surface area contributed by atoms with Gasteiger partial charge in [-0.1, -0.05) is 17.7 Å². The highest BCUT2D eigenvalue weighted by molar-refractivity contribution is 6.31. The van der Waals surface area contributed by atoms with Crippen molar-refractivity contribution in [2.45, 2.75) is 19.6 Å². The van der Waals surface area contributed by atoms with E-state index in [2.05, 4.69) is 5.32 Å². The SMILES string of the molecule is CCOCC(O)COc1cccc(Cl)c1CNCCOC. The van der Waals surface area contributed by atoms with E-state index in [9.17, 15) is 5.11 Å². The van der Waals surface area contributed by atoms with Crippen LogP contribution in [0.15, 0.2) is 18.2 Å². The lowest BCUT2D eigenvalue weighted by atomic mass is 10.2. The summed E-state index contributed by atoms with van der Waals surface area (Å²) in [5.41, 5.74) is 0.874. The Labute approximate surface area is 131 Å². The molecule has 0 fully saturated rings. The lowest BCUT2D eigenvalue weighted by Gasteiger charge is -2.16. The van der Waals surface area contributed by atoms with Crippen molar-refractivity contribution in [2.24, 2.45) is 0 Å². The summed E-state index contributed by atoms with van der Waals surface area (Å²) >= 11 is 6.20. The molecule has 120 valence electrons. The van der Waals surface area contributed by atoms with Crippen molar-refractivity contribution in [1.29, 1.82) is 0 Å². The lowest BCUT2D eigenvalue weighted by Crippen LogP contribution is -2.24. The third kappa shape index (κ3) is 7.11. The first kappa shape index (κ1) is 18.2. The van der Waals surface area contributed by atoms with Gasteiger partial charge in [0.1, 0.15) is 18.5 Å². The Morgan fingerprint density at radius 1 is 1.33 bits per heavy atom. The van der Waals surface area contributed by atoms with Gasteiger partial charge in [0.2, 0.25) is 0 Å². The molecule has 6 heteroatoms. The third-order valence-corrected chi connectivity index (χ3v) is 3.16. The molecule has 0 saturated heterocycles. The number of rotatable bonds is 11. The topological polar surface area (TPSA) is 60.0 Å². The van der Waals surface area contributed by atoms with E-state index in [1.54, 1.807) is 7.11 Å². The number of hydrogen-bond donors (Lipinski definition) is 2. The number of ether oxygens (including phenoxy) is 3. The maximum absolute atomic E-state index is 9.73. The van der Waals surface area contributed by atoms with Crippen LogP contribution in [0.3, 0.4) is 0 Å². The summed E-state index contributed by atoms with van der Waals surface area (Å²) in [4.78, 5) is 0. The molecule has 0 aromatic heterocycles. The molecule has 21 heavy (non-hydrogen) atoms. The normalized spacial score (nSPS) is 12.4. The number of aliphatic hydroxyl groups is 1. The molecule has 0 aliphatic rings. The minimum Gasteiger partial charge on any atom is -0.490 e. The molecule has 0 radical (unpaired) electrons. The highest BCUT2D eigenvalue weighted by Gasteiger charge is 2.11. The van der Waals surface area contributed by atoms with E-state index < -0.39 is 6.10 Å². The summed E-state index contributed by atoms with van der Waals surface area (Å²) in [6, 6.07) is 5.48. The molecule has 0 spiro atoms. The van der Waals surface area contributed by atoms with Crippen LogP contribution in [0.1, 0.15) is 12.5 Å². The van der Waals surface area contributed by atoms with E-state index in [1.165, 1.54) is 0 Å². The van der Waals surface area contributed by atoms with Crippen molar-refractivity contribution in [2.75, 3.05) is 40.1 Å². The minimum absolute atomic E-state index is 0.172. The number of nitrogens with one attached hydrogen (secondary N) is 1. The van der Waals surface area contributed by atoms with Crippen LogP contribution in [0.4, 0.5) is 0 Å². The Balaban J connectivity index is 2.53.